The molecule has 1 amide bonds. The van der Waals surface area contributed by atoms with Crippen LogP contribution in [0.1, 0.15) is 5.56 Å². The molecular weight excluding hydrogens is 285 g/mol. The zero-order valence-electron chi connectivity index (χ0n) is 12.3. The van der Waals surface area contributed by atoms with Crippen molar-refractivity contribution >= 4 is 17.7 Å². The van der Waals surface area contributed by atoms with Crippen LogP contribution in [0.4, 0.5) is 10.1 Å². The molecule has 0 radical (unpaired) electrons. The van der Waals surface area contributed by atoms with Crippen LogP contribution in [0.5, 0.6) is 11.5 Å². The molecule has 1 N–H and O–H groups in total. The largest absolute Gasteiger partial charge is 0.497 e. The fourth-order valence-electron chi connectivity index (χ4n) is 1.84. The molecule has 2 aromatic rings. The molecule has 114 valence electrons. The van der Waals surface area contributed by atoms with Crippen molar-refractivity contribution in [2.24, 2.45) is 0 Å². The molecule has 0 fully saturated rings. The minimum atomic E-state index is -0.350. The SMILES string of the molecule is COc1ccc(/C=C/C(=O)Nc2ccc(F)cc2)c(OC)c1. The molecule has 0 aliphatic rings. The van der Waals surface area contributed by atoms with Crippen molar-refractivity contribution < 1.29 is 18.7 Å². The third-order valence-corrected chi connectivity index (χ3v) is 2.97. The third kappa shape index (κ3) is 4.09. The van der Waals surface area contributed by atoms with Gasteiger partial charge in [-0.1, -0.05) is 0 Å². The number of nitrogens with one attached hydrogen (secondary N) is 1. The van der Waals surface area contributed by atoms with Crippen molar-refractivity contribution in [3.63, 3.8) is 0 Å². The fourth-order valence-corrected chi connectivity index (χ4v) is 1.84. The number of carbonyl (C=O) groups is 1. The zero-order valence-corrected chi connectivity index (χ0v) is 12.3. The van der Waals surface area contributed by atoms with Crippen molar-refractivity contribution in [3.8, 4) is 11.5 Å². The van der Waals surface area contributed by atoms with Crippen molar-refractivity contribution in [1.29, 1.82) is 0 Å². The molecule has 0 saturated heterocycles. The summed E-state index contributed by atoms with van der Waals surface area (Å²) in [5.41, 5.74) is 1.27. The van der Waals surface area contributed by atoms with Gasteiger partial charge >= 0.3 is 0 Å². The maximum absolute atomic E-state index is 12.8. The van der Waals surface area contributed by atoms with E-state index in [1.165, 1.54) is 30.3 Å². The lowest BCUT2D eigenvalue weighted by Gasteiger charge is -2.07. The van der Waals surface area contributed by atoms with Gasteiger partial charge in [-0.05, 0) is 42.5 Å². The highest BCUT2D eigenvalue weighted by Crippen LogP contribution is 2.25. The molecule has 0 bridgehead atoms. The van der Waals surface area contributed by atoms with E-state index < -0.39 is 0 Å². The van der Waals surface area contributed by atoms with Gasteiger partial charge < -0.3 is 14.8 Å². The molecular formula is C17H16FNO3. The van der Waals surface area contributed by atoms with Gasteiger partial charge in [-0.25, -0.2) is 4.39 Å². The number of benzene rings is 2. The highest BCUT2D eigenvalue weighted by Gasteiger charge is 2.03. The van der Waals surface area contributed by atoms with E-state index in [0.717, 1.165) is 5.56 Å². The van der Waals surface area contributed by atoms with E-state index in [4.69, 9.17) is 9.47 Å². The van der Waals surface area contributed by atoms with Gasteiger partial charge in [0.05, 0.1) is 14.2 Å². The summed E-state index contributed by atoms with van der Waals surface area (Å²) >= 11 is 0. The first-order chi connectivity index (χ1) is 10.6. The molecule has 0 unspecified atom stereocenters. The second kappa shape index (κ2) is 7.26. The Labute approximate surface area is 128 Å². The summed E-state index contributed by atoms with van der Waals surface area (Å²) in [6.07, 6.45) is 3.02. The van der Waals surface area contributed by atoms with Crippen LogP contribution in [-0.2, 0) is 4.79 Å². The van der Waals surface area contributed by atoms with Gasteiger partial charge in [0.1, 0.15) is 17.3 Å². The lowest BCUT2D eigenvalue weighted by Crippen LogP contribution is -2.07. The van der Waals surface area contributed by atoms with Gasteiger partial charge in [-0.3, -0.25) is 4.79 Å². The van der Waals surface area contributed by atoms with Crippen LogP contribution in [0.25, 0.3) is 6.08 Å². The quantitative estimate of drug-likeness (QED) is 0.860. The van der Waals surface area contributed by atoms with Gasteiger partial charge in [0, 0.05) is 23.4 Å². The number of hydrogen-bond acceptors (Lipinski definition) is 3. The number of ether oxygens (including phenoxy) is 2. The van der Waals surface area contributed by atoms with Gasteiger partial charge in [-0.15, -0.1) is 0 Å². The van der Waals surface area contributed by atoms with E-state index in [1.54, 1.807) is 38.5 Å². The first-order valence-corrected chi connectivity index (χ1v) is 6.59. The lowest BCUT2D eigenvalue weighted by molar-refractivity contribution is -0.111. The third-order valence-electron chi connectivity index (χ3n) is 2.97. The molecule has 4 nitrogen and oxygen atoms in total. The molecule has 2 rings (SSSR count). The molecule has 0 heterocycles. The van der Waals surface area contributed by atoms with Crippen LogP contribution >= 0.6 is 0 Å². The van der Waals surface area contributed by atoms with E-state index >= 15 is 0 Å². The van der Waals surface area contributed by atoms with Crippen LogP contribution in [0.3, 0.4) is 0 Å². The van der Waals surface area contributed by atoms with Crippen molar-refractivity contribution in [1.82, 2.24) is 0 Å². The Hall–Kier alpha value is -2.82. The number of hydrogen-bond donors (Lipinski definition) is 1. The average Bonchev–Trinajstić information content (AvgIpc) is 2.55. The second-order valence-electron chi connectivity index (χ2n) is 4.44. The predicted octanol–water partition coefficient (Wildman–Crippen LogP) is 3.49. The van der Waals surface area contributed by atoms with Gasteiger partial charge in [0.25, 0.3) is 0 Å². The summed E-state index contributed by atoms with van der Waals surface area (Å²) in [5, 5.41) is 2.64. The monoisotopic (exact) mass is 301 g/mol. The second-order valence-corrected chi connectivity index (χ2v) is 4.44. The number of carbonyl (C=O) groups excluding carboxylic acids is 1. The number of methoxy groups -OCH3 is 2. The Bertz CT molecular complexity index is 681. The summed E-state index contributed by atoms with van der Waals surface area (Å²) in [6.45, 7) is 0. The topological polar surface area (TPSA) is 47.6 Å². The van der Waals surface area contributed by atoms with Gasteiger partial charge in [-0.2, -0.15) is 0 Å². The number of halogens is 1. The van der Waals surface area contributed by atoms with E-state index in [-0.39, 0.29) is 11.7 Å². The molecule has 5 heteroatoms. The summed E-state index contributed by atoms with van der Waals surface area (Å²) in [6, 6.07) is 10.9. The molecule has 0 spiro atoms. The normalized spacial score (nSPS) is 10.5. The Kier molecular flexibility index (Phi) is 5.14. The van der Waals surface area contributed by atoms with Gasteiger partial charge in [0.15, 0.2) is 0 Å². The Morgan fingerprint density at radius 3 is 2.45 bits per heavy atom. The minimum Gasteiger partial charge on any atom is -0.497 e. The first-order valence-electron chi connectivity index (χ1n) is 6.59. The molecule has 0 aliphatic carbocycles. The Morgan fingerprint density at radius 2 is 1.82 bits per heavy atom. The zero-order chi connectivity index (χ0) is 15.9. The lowest BCUT2D eigenvalue weighted by atomic mass is 10.1. The standard InChI is InChI=1S/C17H16FNO3/c1-21-15-9-3-12(16(11-15)22-2)4-10-17(20)19-14-7-5-13(18)6-8-14/h3-11H,1-2H3,(H,19,20)/b10-4+. The molecule has 0 saturated carbocycles. The van der Waals surface area contributed by atoms with E-state index in [1.807, 2.05) is 0 Å². The number of anilines is 1. The highest BCUT2D eigenvalue weighted by atomic mass is 19.1. The Balaban J connectivity index is 2.07. The average molecular weight is 301 g/mol. The molecule has 2 aromatic carbocycles. The smallest absolute Gasteiger partial charge is 0.248 e. The molecule has 22 heavy (non-hydrogen) atoms. The predicted molar refractivity (Wildman–Crippen MR) is 83.6 cm³/mol. The fraction of sp³-hybridized carbons (Fsp3) is 0.118. The van der Waals surface area contributed by atoms with Crippen molar-refractivity contribution in [3.05, 3.63) is 59.9 Å². The maximum Gasteiger partial charge on any atom is 0.248 e. The number of amides is 1. The molecule has 0 atom stereocenters. The highest BCUT2D eigenvalue weighted by molar-refractivity contribution is 6.02. The minimum absolute atomic E-state index is 0.315. The first kappa shape index (κ1) is 15.6. The summed E-state index contributed by atoms with van der Waals surface area (Å²) in [5.74, 6) is 0.607. The van der Waals surface area contributed by atoms with E-state index in [9.17, 15) is 9.18 Å². The van der Waals surface area contributed by atoms with Crippen LogP contribution in [-0.4, -0.2) is 20.1 Å². The summed E-state index contributed by atoms with van der Waals surface area (Å²) < 4.78 is 23.1. The summed E-state index contributed by atoms with van der Waals surface area (Å²) in [7, 11) is 3.12. The van der Waals surface area contributed by atoms with E-state index in [0.29, 0.717) is 17.2 Å². The maximum atomic E-state index is 12.8. The van der Waals surface area contributed by atoms with Crippen molar-refractivity contribution in [2.45, 2.75) is 0 Å². The van der Waals surface area contributed by atoms with Crippen LogP contribution < -0.4 is 14.8 Å². The van der Waals surface area contributed by atoms with Crippen molar-refractivity contribution in [2.75, 3.05) is 19.5 Å². The molecule has 0 aromatic heterocycles. The Morgan fingerprint density at radius 1 is 1.09 bits per heavy atom. The van der Waals surface area contributed by atoms with Crippen LogP contribution in [0.2, 0.25) is 0 Å². The van der Waals surface area contributed by atoms with Crippen LogP contribution in [0, 0.1) is 5.82 Å². The van der Waals surface area contributed by atoms with E-state index in [2.05, 4.69) is 5.32 Å². The van der Waals surface area contributed by atoms with Gasteiger partial charge in [0.2, 0.25) is 5.91 Å². The van der Waals surface area contributed by atoms with Crippen LogP contribution in [0.15, 0.2) is 48.5 Å². The molecule has 0 aliphatic heterocycles. The summed E-state index contributed by atoms with van der Waals surface area (Å²) in [4.78, 5) is 11.8. The number of rotatable bonds is 5.